The van der Waals surface area contributed by atoms with Crippen LogP contribution in [0.15, 0.2) is 24.3 Å². The molecule has 1 unspecified atom stereocenters. The minimum Gasteiger partial charge on any atom is -0.508 e. The summed E-state index contributed by atoms with van der Waals surface area (Å²) in [6.45, 7) is 7.43. The maximum Gasteiger partial charge on any atom is 0.239 e. The third-order valence-electron chi connectivity index (χ3n) is 3.57. The van der Waals surface area contributed by atoms with E-state index >= 15 is 0 Å². The average Bonchev–Trinajstić information content (AvgIpc) is 2.44. The largest absolute Gasteiger partial charge is 0.508 e. The van der Waals surface area contributed by atoms with E-state index in [2.05, 4.69) is 10.7 Å². The molecule has 5 N–H and O–H groups in total. The molecule has 1 aromatic rings. The second kappa shape index (κ2) is 7.57. The van der Waals surface area contributed by atoms with Gasteiger partial charge in [0.1, 0.15) is 18.1 Å². The highest BCUT2D eigenvalue weighted by Gasteiger charge is 2.31. The number of nitrogens with one attached hydrogen (secondary N) is 2. The second-order valence-corrected chi connectivity index (χ2v) is 7.25. The SMILES string of the molecule is CC(C)(C=O)CC(C)(C)NC(=O)C(Cc1ccc(O)cc1)NN. The number of hydrazine groups is 1. The monoisotopic (exact) mass is 321 g/mol. The molecule has 0 aliphatic carbocycles. The van der Waals surface area contributed by atoms with Crippen LogP contribution < -0.4 is 16.6 Å². The number of hydrogen-bond donors (Lipinski definition) is 4. The number of nitrogens with two attached hydrogens (primary N) is 1. The zero-order valence-corrected chi connectivity index (χ0v) is 14.2. The van der Waals surface area contributed by atoms with Crippen LogP contribution in [0.4, 0.5) is 0 Å². The molecule has 23 heavy (non-hydrogen) atoms. The molecule has 6 nitrogen and oxygen atoms in total. The number of aldehydes is 1. The van der Waals surface area contributed by atoms with Gasteiger partial charge in [-0.25, -0.2) is 5.43 Å². The van der Waals surface area contributed by atoms with Crippen molar-refractivity contribution < 1.29 is 14.7 Å². The number of hydrogen-bond acceptors (Lipinski definition) is 5. The van der Waals surface area contributed by atoms with Crippen LogP contribution in [-0.4, -0.2) is 28.9 Å². The Morgan fingerprint density at radius 1 is 1.26 bits per heavy atom. The number of aromatic hydroxyl groups is 1. The fourth-order valence-corrected chi connectivity index (χ4v) is 2.74. The Labute approximate surface area is 137 Å². The summed E-state index contributed by atoms with van der Waals surface area (Å²) in [5.41, 5.74) is 2.35. The van der Waals surface area contributed by atoms with Crippen LogP contribution >= 0.6 is 0 Å². The smallest absolute Gasteiger partial charge is 0.239 e. The lowest BCUT2D eigenvalue weighted by Gasteiger charge is -2.33. The van der Waals surface area contributed by atoms with Crippen LogP contribution in [-0.2, 0) is 16.0 Å². The number of amides is 1. The molecule has 0 aromatic heterocycles. The average molecular weight is 321 g/mol. The highest BCUT2D eigenvalue weighted by atomic mass is 16.3. The summed E-state index contributed by atoms with van der Waals surface area (Å²) in [4.78, 5) is 23.5. The van der Waals surface area contributed by atoms with E-state index in [0.717, 1.165) is 11.8 Å². The van der Waals surface area contributed by atoms with Gasteiger partial charge < -0.3 is 15.2 Å². The second-order valence-electron chi connectivity index (χ2n) is 7.25. The zero-order chi connectivity index (χ0) is 17.7. The predicted molar refractivity (Wildman–Crippen MR) is 89.6 cm³/mol. The van der Waals surface area contributed by atoms with Crippen LogP contribution in [0.3, 0.4) is 0 Å². The molecule has 0 saturated carbocycles. The van der Waals surface area contributed by atoms with E-state index in [1.165, 1.54) is 0 Å². The third kappa shape index (κ3) is 6.38. The maximum absolute atomic E-state index is 12.4. The normalized spacial score (nSPS) is 13.4. The van der Waals surface area contributed by atoms with Gasteiger partial charge in [-0.3, -0.25) is 10.6 Å². The molecule has 0 aliphatic rings. The van der Waals surface area contributed by atoms with E-state index in [1.54, 1.807) is 24.3 Å². The fourth-order valence-electron chi connectivity index (χ4n) is 2.74. The molecule has 1 atom stereocenters. The van der Waals surface area contributed by atoms with E-state index < -0.39 is 17.0 Å². The third-order valence-corrected chi connectivity index (χ3v) is 3.57. The Balaban J connectivity index is 2.72. The molecule has 0 fully saturated rings. The Kier molecular flexibility index (Phi) is 6.29. The predicted octanol–water partition coefficient (Wildman–Crippen LogP) is 1.28. The van der Waals surface area contributed by atoms with Crippen molar-refractivity contribution in [2.45, 2.75) is 52.1 Å². The van der Waals surface area contributed by atoms with Gasteiger partial charge >= 0.3 is 0 Å². The zero-order valence-electron chi connectivity index (χ0n) is 14.2. The number of phenolic OH excluding ortho intramolecular Hbond substituents is 1. The van der Waals surface area contributed by atoms with Crippen molar-refractivity contribution in [2.24, 2.45) is 11.3 Å². The van der Waals surface area contributed by atoms with Crippen molar-refractivity contribution in [3.05, 3.63) is 29.8 Å². The summed E-state index contributed by atoms with van der Waals surface area (Å²) in [6, 6.07) is 6.02. The van der Waals surface area contributed by atoms with E-state index in [4.69, 9.17) is 5.84 Å². The van der Waals surface area contributed by atoms with Gasteiger partial charge in [-0.2, -0.15) is 0 Å². The summed E-state index contributed by atoms with van der Waals surface area (Å²) in [6.07, 6.45) is 1.82. The molecule has 0 radical (unpaired) electrons. The Morgan fingerprint density at radius 3 is 2.30 bits per heavy atom. The first-order chi connectivity index (χ1) is 10.6. The van der Waals surface area contributed by atoms with Crippen molar-refractivity contribution >= 4 is 12.2 Å². The molecule has 0 saturated heterocycles. The first-order valence-corrected chi connectivity index (χ1v) is 7.61. The highest BCUT2D eigenvalue weighted by Crippen LogP contribution is 2.25. The van der Waals surface area contributed by atoms with Gasteiger partial charge in [0.05, 0.1) is 0 Å². The van der Waals surface area contributed by atoms with Gasteiger partial charge in [-0.05, 0) is 44.4 Å². The molecular formula is C17H27N3O3. The molecule has 6 heteroatoms. The topological polar surface area (TPSA) is 104 Å². The van der Waals surface area contributed by atoms with Crippen molar-refractivity contribution in [3.8, 4) is 5.75 Å². The molecule has 0 aliphatic heterocycles. The molecule has 0 heterocycles. The lowest BCUT2D eigenvalue weighted by Crippen LogP contribution is -2.55. The van der Waals surface area contributed by atoms with Gasteiger partial charge in [0.25, 0.3) is 0 Å². The first-order valence-electron chi connectivity index (χ1n) is 7.61. The molecule has 0 bridgehead atoms. The Morgan fingerprint density at radius 2 is 1.83 bits per heavy atom. The Hall–Kier alpha value is -1.92. The summed E-state index contributed by atoms with van der Waals surface area (Å²) in [5, 5.41) is 12.2. The molecular weight excluding hydrogens is 294 g/mol. The Bertz CT molecular complexity index is 539. The maximum atomic E-state index is 12.4. The summed E-state index contributed by atoms with van der Waals surface area (Å²) < 4.78 is 0. The summed E-state index contributed by atoms with van der Waals surface area (Å²) >= 11 is 0. The summed E-state index contributed by atoms with van der Waals surface area (Å²) in [7, 11) is 0. The van der Waals surface area contributed by atoms with Crippen LogP contribution in [0.5, 0.6) is 5.75 Å². The van der Waals surface area contributed by atoms with Crippen molar-refractivity contribution in [3.63, 3.8) is 0 Å². The number of benzene rings is 1. The van der Waals surface area contributed by atoms with E-state index in [0.29, 0.717) is 12.8 Å². The number of carbonyl (C=O) groups excluding carboxylic acids is 2. The molecule has 1 aromatic carbocycles. The fraction of sp³-hybridized carbons (Fsp3) is 0.529. The molecule has 1 amide bonds. The van der Waals surface area contributed by atoms with Crippen molar-refractivity contribution in [1.82, 2.24) is 10.7 Å². The van der Waals surface area contributed by atoms with E-state index in [9.17, 15) is 14.7 Å². The minimum absolute atomic E-state index is 0.174. The lowest BCUT2D eigenvalue weighted by molar-refractivity contribution is -0.126. The first kappa shape index (κ1) is 19.1. The molecule has 128 valence electrons. The number of phenols is 1. The van der Waals surface area contributed by atoms with Crippen LogP contribution in [0, 0.1) is 5.41 Å². The lowest BCUT2D eigenvalue weighted by atomic mass is 9.81. The van der Waals surface area contributed by atoms with E-state index in [-0.39, 0.29) is 11.7 Å². The van der Waals surface area contributed by atoms with Gasteiger partial charge in [-0.1, -0.05) is 26.0 Å². The van der Waals surface area contributed by atoms with Crippen LogP contribution in [0.2, 0.25) is 0 Å². The molecule has 0 spiro atoms. The van der Waals surface area contributed by atoms with Gasteiger partial charge in [0.2, 0.25) is 5.91 Å². The van der Waals surface area contributed by atoms with Gasteiger partial charge in [0.15, 0.2) is 0 Å². The van der Waals surface area contributed by atoms with Gasteiger partial charge in [0, 0.05) is 11.0 Å². The van der Waals surface area contributed by atoms with Crippen molar-refractivity contribution in [1.29, 1.82) is 0 Å². The highest BCUT2D eigenvalue weighted by molar-refractivity contribution is 5.82. The summed E-state index contributed by atoms with van der Waals surface area (Å²) in [5.74, 6) is 5.45. The van der Waals surface area contributed by atoms with Crippen LogP contribution in [0.25, 0.3) is 0 Å². The minimum atomic E-state index is -0.599. The quantitative estimate of drug-likeness (QED) is 0.328. The van der Waals surface area contributed by atoms with Crippen LogP contribution in [0.1, 0.15) is 39.7 Å². The van der Waals surface area contributed by atoms with Crippen molar-refractivity contribution in [2.75, 3.05) is 0 Å². The standard InChI is InChI=1S/C17H27N3O3/c1-16(2,11-21)10-17(3,4)19-15(23)14(20-18)9-12-5-7-13(22)8-6-12/h5-8,11,14,20,22H,9-10,18H2,1-4H3,(H,19,23). The van der Waals surface area contributed by atoms with Gasteiger partial charge in [-0.15, -0.1) is 0 Å². The number of rotatable bonds is 8. The molecule has 1 rings (SSSR count). The van der Waals surface area contributed by atoms with E-state index in [1.807, 2.05) is 27.7 Å². The number of carbonyl (C=O) groups is 2.